The highest BCUT2D eigenvalue weighted by Crippen LogP contribution is 2.09. The number of Topliss-reactive ketones (excluding diaryl/α,β-unsaturated/α-hetero) is 1. The van der Waals surface area contributed by atoms with Gasteiger partial charge in [0.25, 0.3) is 5.91 Å². The summed E-state index contributed by atoms with van der Waals surface area (Å²) >= 11 is 0. The lowest BCUT2D eigenvalue weighted by molar-refractivity contribution is -0.143. The molecule has 0 aromatic heterocycles. The second kappa shape index (κ2) is 10.2. The summed E-state index contributed by atoms with van der Waals surface area (Å²) in [5, 5.41) is 2.36. The van der Waals surface area contributed by atoms with Crippen molar-refractivity contribution in [1.82, 2.24) is 5.32 Å². The van der Waals surface area contributed by atoms with Crippen LogP contribution in [0.1, 0.15) is 40.0 Å². The molecule has 0 unspecified atom stereocenters. The van der Waals surface area contributed by atoms with Gasteiger partial charge in [-0.3, -0.25) is 14.4 Å². The molecule has 0 saturated carbocycles. The number of rotatable bonds is 9. The normalized spacial score (nSPS) is 10.3. The Bertz CT molecular complexity index is 809. The summed E-state index contributed by atoms with van der Waals surface area (Å²) in [5.41, 5.74) is 0.309. The van der Waals surface area contributed by atoms with Crippen LogP contribution in [0.2, 0.25) is 0 Å². The third-order valence-electron chi connectivity index (χ3n) is 3.70. The van der Waals surface area contributed by atoms with E-state index in [1.165, 1.54) is 0 Å². The zero-order chi connectivity index (χ0) is 19.6. The van der Waals surface area contributed by atoms with E-state index in [9.17, 15) is 23.2 Å². The number of hydrogen-bond acceptors (Lipinski definition) is 4. The van der Waals surface area contributed by atoms with E-state index in [0.29, 0.717) is 18.1 Å². The molecule has 0 aliphatic carbocycles. The minimum Gasteiger partial charge on any atom is -0.466 e. The van der Waals surface area contributed by atoms with Gasteiger partial charge in [0.15, 0.2) is 5.78 Å². The quantitative estimate of drug-likeness (QED) is 0.415. The molecule has 0 aliphatic rings. The summed E-state index contributed by atoms with van der Waals surface area (Å²) in [4.78, 5) is 35.2. The molecule has 5 nitrogen and oxygen atoms in total. The number of carbonyl (C=O) groups is 3. The molecule has 142 valence electrons. The number of halogens is 2. The van der Waals surface area contributed by atoms with Gasteiger partial charge in [-0.2, -0.15) is 0 Å². The second-order valence-electron chi connectivity index (χ2n) is 5.74. The molecule has 2 aromatic rings. The second-order valence-corrected chi connectivity index (χ2v) is 5.74. The van der Waals surface area contributed by atoms with Crippen LogP contribution in [-0.2, 0) is 9.53 Å². The minimum atomic E-state index is -0.974. The Labute approximate surface area is 155 Å². The van der Waals surface area contributed by atoms with E-state index < -0.39 is 23.5 Å². The van der Waals surface area contributed by atoms with E-state index in [0.717, 1.165) is 12.1 Å². The number of amides is 1. The van der Waals surface area contributed by atoms with Gasteiger partial charge in [-0.25, -0.2) is 8.78 Å². The smallest absolute Gasteiger partial charge is 0.307 e. The number of ketones is 1. The van der Waals surface area contributed by atoms with Crippen LogP contribution in [0.3, 0.4) is 0 Å². The highest BCUT2D eigenvalue weighted by Gasteiger charge is 2.13. The molecule has 0 spiro atoms. The Kier molecular flexibility index (Phi) is 7.61. The molecule has 1 N–H and O–H groups in total. The first-order chi connectivity index (χ1) is 13.0. The number of benzene rings is 2. The highest BCUT2D eigenvalue weighted by atomic mass is 19.1. The first-order valence-corrected chi connectivity index (χ1v) is 8.44. The van der Waals surface area contributed by atoms with Gasteiger partial charge in [-0.15, -0.1) is 0 Å². The van der Waals surface area contributed by atoms with Crippen LogP contribution < -0.4 is 5.32 Å². The molecule has 0 fully saturated rings. The third-order valence-corrected chi connectivity index (χ3v) is 3.70. The van der Waals surface area contributed by atoms with Crippen molar-refractivity contribution in [2.75, 3.05) is 13.2 Å². The lowest BCUT2D eigenvalue weighted by Crippen LogP contribution is -2.27. The van der Waals surface area contributed by atoms with Crippen LogP contribution in [0.15, 0.2) is 48.5 Å². The monoisotopic (exact) mass is 375 g/mol. The van der Waals surface area contributed by atoms with Crippen molar-refractivity contribution in [1.29, 1.82) is 0 Å². The molecule has 0 heterocycles. The third kappa shape index (κ3) is 6.62. The molecule has 0 bridgehead atoms. The summed E-state index contributed by atoms with van der Waals surface area (Å²) in [7, 11) is 0. The molecule has 1 amide bonds. The van der Waals surface area contributed by atoms with Crippen LogP contribution in [0.5, 0.6) is 0 Å². The van der Waals surface area contributed by atoms with Gasteiger partial charge < -0.3 is 10.1 Å². The summed E-state index contributed by atoms with van der Waals surface area (Å²) in [5.74, 6) is -3.06. The van der Waals surface area contributed by atoms with Gasteiger partial charge in [0.2, 0.25) is 0 Å². The van der Waals surface area contributed by atoms with Crippen molar-refractivity contribution in [3.8, 4) is 0 Å². The van der Waals surface area contributed by atoms with E-state index in [1.54, 1.807) is 24.3 Å². The number of esters is 1. The minimum absolute atomic E-state index is 0.0276. The molecular formula is C20H19F2NO4. The van der Waals surface area contributed by atoms with E-state index >= 15 is 0 Å². The Hall–Kier alpha value is -3.09. The predicted molar refractivity (Wildman–Crippen MR) is 94.3 cm³/mol. The Morgan fingerprint density at radius 1 is 0.963 bits per heavy atom. The maximum absolute atomic E-state index is 13.5. The van der Waals surface area contributed by atoms with E-state index in [4.69, 9.17) is 4.74 Å². The van der Waals surface area contributed by atoms with Crippen LogP contribution in [0.4, 0.5) is 8.78 Å². The highest BCUT2D eigenvalue weighted by molar-refractivity contribution is 5.96. The fraction of sp³-hybridized carbons (Fsp3) is 0.250. The summed E-state index contributed by atoms with van der Waals surface area (Å²) in [6.45, 7) is 0.0510. The van der Waals surface area contributed by atoms with Gasteiger partial charge in [0.1, 0.15) is 11.6 Å². The number of carbonyl (C=O) groups excluding carboxylic acids is 3. The SMILES string of the molecule is O=C(CCNC(=O)c1ccc(F)cc1F)OCCCC(=O)c1ccccc1. The molecule has 27 heavy (non-hydrogen) atoms. The van der Waals surface area contributed by atoms with Gasteiger partial charge >= 0.3 is 5.97 Å². The lowest BCUT2D eigenvalue weighted by Gasteiger charge is -2.07. The average molecular weight is 375 g/mol. The van der Waals surface area contributed by atoms with E-state index in [-0.39, 0.29) is 37.3 Å². The molecule has 0 atom stereocenters. The first-order valence-electron chi connectivity index (χ1n) is 8.44. The van der Waals surface area contributed by atoms with Crippen LogP contribution in [-0.4, -0.2) is 30.8 Å². The van der Waals surface area contributed by atoms with Crippen molar-refractivity contribution >= 4 is 17.7 Å². The van der Waals surface area contributed by atoms with Crippen molar-refractivity contribution in [2.45, 2.75) is 19.3 Å². The molecule has 2 aromatic carbocycles. The Morgan fingerprint density at radius 3 is 2.41 bits per heavy atom. The van der Waals surface area contributed by atoms with E-state index in [1.807, 2.05) is 6.07 Å². The fourth-order valence-electron chi connectivity index (χ4n) is 2.31. The van der Waals surface area contributed by atoms with Crippen molar-refractivity contribution in [3.05, 3.63) is 71.3 Å². The topological polar surface area (TPSA) is 72.5 Å². The lowest BCUT2D eigenvalue weighted by atomic mass is 10.1. The van der Waals surface area contributed by atoms with Gasteiger partial charge in [0, 0.05) is 24.6 Å². The number of hydrogen-bond donors (Lipinski definition) is 1. The van der Waals surface area contributed by atoms with Gasteiger partial charge in [0.05, 0.1) is 18.6 Å². The van der Waals surface area contributed by atoms with Gasteiger partial charge in [-0.05, 0) is 18.6 Å². The largest absolute Gasteiger partial charge is 0.466 e. The molecule has 0 aliphatic heterocycles. The molecule has 2 rings (SSSR count). The molecule has 0 saturated heterocycles. The first kappa shape index (κ1) is 20.2. The maximum atomic E-state index is 13.5. The predicted octanol–water partition coefficient (Wildman–Crippen LogP) is 3.29. The van der Waals surface area contributed by atoms with Gasteiger partial charge in [-0.1, -0.05) is 30.3 Å². The molecular weight excluding hydrogens is 356 g/mol. The van der Waals surface area contributed by atoms with Crippen LogP contribution in [0.25, 0.3) is 0 Å². The number of ether oxygens (including phenoxy) is 1. The molecule has 0 radical (unpaired) electrons. The van der Waals surface area contributed by atoms with E-state index in [2.05, 4.69) is 5.32 Å². The zero-order valence-corrected chi connectivity index (χ0v) is 14.5. The van der Waals surface area contributed by atoms with Crippen LogP contribution >= 0.6 is 0 Å². The van der Waals surface area contributed by atoms with Crippen molar-refractivity contribution in [3.63, 3.8) is 0 Å². The Balaban J connectivity index is 1.62. The summed E-state index contributed by atoms with van der Waals surface area (Å²) < 4.78 is 31.3. The van der Waals surface area contributed by atoms with Crippen LogP contribution in [0, 0.1) is 11.6 Å². The summed E-state index contributed by atoms with van der Waals surface area (Å²) in [6.07, 6.45) is 0.561. The number of nitrogens with one attached hydrogen (secondary N) is 1. The molecule has 7 heteroatoms. The standard InChI is InChI=1S/C20H19F2NO4/c21-15-8-9-16(17(22)13-15)20(26)23-11-10-19(25)27-12-4-7-18(24)14-5-2-1-3-6-14/h1-3,5-6,8-9,13H,4,7,10-12H2,(H,23,26). The van der Waals surface area contributed by atoms with Crippen molar-refractivity contribution in [2.24, 2.45) is 0 Å². The fourth-order valence-corrected chi connectivity index (χ4v) is 2.31. The zero-order valence-electron chi connectivity index (χ0n) is 14.5. The average Bonchev–Trinajstić information content (AvgIpc) is 2.65. The van der Waals surface area contributed by atoms with Crippen molar-refractivity contribution < 1.29 is 27.9 Å². The maximum Gasteiger partial charge on any atom is 0.307 e. The Morgan fingerprint density at radius 2 is 1.70 bits per heavy atom. The summed E-state index contributed by atoms with van der Waals surface area (Å²) in [6, 6.07) is 11.4.